The summed E-state index contributed by atoms with van der Waals surface area (Å²) in [4.78, 5) is 37.9. The average molecular weight is 463 g/mol. The number of amides is 2. The first-order valence-corrected chi connectivity index (χ1v) is 11.0. The van der Waals surface area contributed by atoms with Gasteiger partial charge < -0.3 is 15.4 Å². The van der Waals surface area contributed by atoms with E-state index in [9.17, 15) is 18.8 Å². The molecule has 0 aromatic heterocycles. The van der Waals surface area contributed by atoms with Crippen LogP contribution in [0.2, 0.25) is 0 Å². The van der Waals surface area contributed by atoms with E-state index < -0.39 is 36.0 Å². The summed E-state index contributed by atoms with van der Waals surface area (Å²) >= 11 is 0. The summed E-state index contributed by atoms with van der Waals surface area (Å²) in [5, 5.41) is 5.09. The molecule has 2 unspecified atom stereocenters. The van der Waals surface area contributed by atoms with Crippen molar-refractivity contribution in [1.82, 2.24) is 10.6 Å². The molecule has 0 aliphatic carbocycles. The van der Waals surface area contributed by atoms with E-state index in [2.05, 4.69) is 10.6 Å². The third-order valence-corrected chi connectivity index (χ3v) is 5.23. The van der Waals surface area contributed by atoms with E-state index in [0.29, 0.717) is 0 Å². The molecule has 2 N–H and O–H groups in total. The molecular weight excluding hydrogens is 435 g/mol. The molecule has 0 saturated carbocycles. The number of benzene rings is 3. The molecular formula is C27H27FN2O4. The smallest absolute Gasteiger partial charge is 0.408 e. The van der Waals surface area contributed by atoms with E-state index in [0.717, 1.165) is 11.1 Å². The largest absolute Gasteiger partial charge is 0.445 e. The maximum atomic E-state index is 14.7. The van der Waals surface area contributed by atoms with Crippen molar-refractivity contribution in [3.05, 3.63) is 108 Å². The Morgan fingerprint density at radius 3 is 1.91 bits per heavy atom. The number of carbonyl (C=O) groups excluding carboxylic acids is 3. The summed E-state index contributed by atoms with van der Waals surface area (Å²) in [6.45, 7) is 1.46. The summed E-state index contributed by atoms with van der Waals surface area (Å²) in [6.07, 6.45) is -2.47. The van der Waals surface area contributed by atoms with Crippen LogP contribution in [0, 0.1) is 0 Å². The highest BCUT2D eigenvalue weighted by atomic mass is 19.1. The maximum absolute atomic E-state index is 14.7. The van der Waals surface area contributed by atoms with Crippen LogP contribution in [0.1, 0.15) is 29.8 Å². The first-order chi connectivity index (χ1) is 16.4. The maximum Gasteiger partial charge on any atom is 0.408 e. The molecule has 3 aromatic rings. The van der Waals surface area contributed by atoms with Crippen molar-refractivity contribution in [2.24, 2.45) is 0 Å². The van der Waals surface area contributed by atoms with E-state index in [4.69, 9.17) is 4.74 Å². The van der Waals surface area contributed by atoms with E-state index in [1.54, 1.807) is 18.2 Å². The lowest BCUT2D eigenvalue weighted by atomic mass is 10.0. The highest BCUT2D eigenvalue weighted by Gasteiger charge is 2.29. The number of hydrogen-bond donors (Lipinski definition) is 2. The lowest BCUT2D eigenvalue weighted by molar-refractivity contribution is -0.131. The lowest BCUT2D eigenvalue weighted by Crippen LogP contribution is -2.52. The molecule has 0 aliphatic rings. The van der Waals surface area contributed by atoms with E-state index in [-0.39, 0.29) is 18.6 Å². The van der Waals surface area contributed by atoms with Gasteiger partial charge in [0.05, 0.1) is 6.04 Å². The fourth-order valence-corrected chi connectivity index (χ4v) is 3.36. The first kappa shape index (κ1) is 24.6. The molecule has 0 heterocycles. The number of nitrogens with one attached hydrogen (secondary N) is 2. The van der Waals surface area contributed by atoms with Crippen molar-refractivity contribution in [3.63, 3.8) is 0 Å². The number of ether oxygens (including phenoxy) is 1. The van der Waals surface area contributed by atoms with Crippen LogP contribution in [-0.2, 0) is 27.4 Å². The minimum Gasteiger partial charge on any atom is -0.445 e. The molecule has 0 bridgehead atoms. The lowest BCUT2D eigenvalue weighted by Gasteiger charge is -2.22. The average Bonchev–Trinajstić information content (AvgIpc) is 2.88. The molecule has 0 radical (unpaired) electrons. The van der Waals surface area contributed by atoms with Gasteiger partial charge in [-0.25, -0.2) is 9.18 Å². The number of ketones is 1. The van der Waals surface area contributed by atoms with Gasteiger partial charge in [0.1, 0.15) is 12.6 Å². The van der Waals surface area contributed by atoms with Crippen molar-refractivity contribution in [3.8, 4) is 0 Å². The molecule has 0 saturated heterocycles. The standard InChI is InChI=1S/C27H27FN2O4/c1-19(25(31)24(28)22-15-9-4-10-16-22)29-26(32)23(17-20-11-5-2-6-12-20)30-27(33)34-18-21-13-7-3-8-14-21/h2-16,19,23-24H,17-18H2,1H3,(H,29,32)(H,30,33)/t19?,23-,24?/m0/s1. The van der Waals surface area contributed by atoms with Gasteiger partial charge in [-0.05, 0) is 23.6 Å². The molecule has 7 heteroatoms. The fourth-order valence-electron chi connectivity index (χ4n) is 3.36. The van der Waals surface area contributed by atoms with Gasteiger partial charge in [-0.3, -0.25) is 9.59 Å². The summed E-state index contributed by atoms with van der Waals surface area (Å²) in [6, 6.07) is 24.2. The van der Waals surface area contributed by atoms with Gasteiger partial charge in [-0.1, -0.05) is 91.0 Å². The zero-order chi connectivity index (χ0) is 24.3. The molecule has 0 spiro atoms. The minimum atomic E-state index is -1.87. The van der Waals surface area contributed by atoms with Crippen LogP contribution in [0.3, 0.4) is 0 Å². The molecule has 3 aromatic carbocycles. The van der Waals surface area contributed by atoms with Gasteiger partial charge >= 0.3 is 6.09 Å². The number of hydrogen-bond acceptors (Lipinski definition) is 4. The third-order valence-electron chi connectivity index (χ3n) is 5.23. The third kappa shape index (κ3) is 7.27. The Bertz CT molecular complexity index is 1080. The zero-order valence-corrected chi connectivity index (χ0v) is 18.8. The Kier molecular flexibility index (Phi) is 8.91. The first-order valence-electron chi connectivity index (χ1n) is 11.0. The van der Waals surface area contributed by atoms with Gasteiger partial charge in [0, 0.05) is 6.42 Å². The molecule has 34 heavy (non-hydrogen) atoms. The van der Waals surface area contributed by atoms with Crippen LogP contribution in [0.5, 0.6) is 0 Å². The summed E-state index contributed by atoms with van der Waals surface area (Å²) < 4.78 is 19.9. The SMILES string of the molecule is CC(NC(=O)[C@H](Cc1ccccc1)NC(=O)OCc1ccccc1)C(=O)C(F)c1ccccc1. The zero-order valence-electron chi connectivity index (χ0n) is 18.8. The number of alkyl halides is 1. The van der Waals surface area contributed by atoms with Gasteiger partial charge in [-0.15, -0.1) is 0 Å². The molecule has 3 rings (SSSR count). The van der Waals surface area contributed by atoms with Crippen LogP contribution in [-0.4, -0.2) is 29.9 Å². The van der Waals surface area contributed by atoms with Gasteiger partial charge in [0.25, 0.3) is 0 Å². The predicted molar refractivity (Wildman–Crippen MR) is 127 cm³/mol. The van der Waals surface area contributed by atoms with Crippen LogP contribution in [0.4, 0.5) is 9.18 Å². The number of halogens is 1. The Morgan fingerprint density at radius 1 is 0.794 bits per heavy atom. The molecule has 3 atom stereocenters. The van der Waals surface area contributed by atoms with E-state index in [1.165, 1.54) is 19.1 Å². The minimum absolute atomic E-state index is 0.0435. The van der Waals surface area contributed by atoms with Crippen molar-refractivity contribution < 1.29 is 23.5 Å². The molecule has 176 valence electrons. The quantitative estimate of drug-likeness (QED) is 0.470. The van der Waals surface area contributed by atoms with Crippen molar-refractivity contribution in [2.75, 3.05) is 0 Å². The summed E-state index contributed by atoms with van der Waals surface area (Å²) in [5.41, 5.74) is 1.82. The molecule has 0 fully saturated rings. The highest BCUT2D eigenvalue weighted by Crippen LogP contribution is 2.19. The Hall–Kier alpha value is -4.00. The van der Waals surface area contributed by atoms with Crippen LogP contribution in [0.15, 0.2) is 91.0 Å². The second-order valence-electron chi connectivity index (χ2n) is 7.85. The van der Waals surface area contributed by atoms with Gasteiger partial charge in [0.2, 0.25) is 5.91 Å². The van der Waals surface area contributed by atoms with E-state index in [1.807, 2.05) is 60.7 Å². The van der Waals surface area contributed by atoms with Gasteiger partial charge in [0.15, 0.2) is 12.0 Å². The van der Waals surface area contributed by atoms with Crippen molar-refractivity contribution in [1.29, 1.82) is 0 Å². The van der Waals surface area contributed by atoms with Crippen molar-refractivity contribution >= 4 is 17.8 Å². The summed E-state index contributed by atoms with van der Waals surface area (Å²) in [5.74, 6) is -1.38. The number of Topliss-reactive ketones (excluding diaryl/α,β-unsaturated/α-hetero) is 1. The molecule has 2 amide bonds. The topological polar surface area (TPSA) is 84.5 Å². The van der Waals surface area contributed by atoms with Crippen LogP contribution in [0.25, 0.3) is 0 Å². The predicted octanol–water partition coefficient (Wildman–Crippen LogP) is 4.31. The fraction of sp³-hybridized carbons (Fsp3) is 0.222. The molecule has 6 nitrogen and oxygen atoms in total. The highest BCUT2D eigenvalue weighted by molar-refractivity contribution is 5.94. The number of alkyl carbamates (subject to hydrolysis) is 1. The normalized spacial score (nSPS) is 13.2. The molecule has 0 aliphatic heterocycles. The van der Waals surface area contributed by atoms with Crippen LogP contribution >= 0.6 is 0 Å². The Morgan fingerprint density at radius 2 is 1.32 bits per heavy atom. The summed E-state index contributed by atoms with van der Waals surface area (Å²) in [7, 11) is 0. The number of carbonyl (C=O) groups is 3. The second kappa shape index (κ2) is 12.3. The van der Waals surface area contributed by atoms with Crippen LogP contribution < -0.4 is 10.6 Å². The Balaban J connectivity index is 1.64. The van der Waals surface area contributed by atoms with E-state index >= 15 is 0 Å². The van der Waals surface area contributed by atoms with Crippen molar-refractivity contribution in [2.45, 2.75) is 38.2 Å². The van der Waals surface area contributed by atoms with Gasteiger partial charge in [-0.2, -0.15) is 0 Å². The monoisotopic (exact) mass is 462 g/mol. The second-order valence-corrected chi connectivity index (χ2v) is 7.85. The number of rotatable bonds is 10. The Labute approximate surface area is 198 Å².